The van der Waals surface area contributed by atoms with Crippen molar-refractivity contribution in [2.24, 2.45) is 0 Å². The molecule has 7 nitrogen and oxygen atoms in total. The van der Waals surface area contributed by atoms with Crippen molar-refractivity contribution in [1.29, 1.82) is 0 Å². The first-order valence-electron chi connectivity index (χ1n) is 10.9. The molecule has 3 aromatic heterocycles. The minimum atomic E-state index is -0.242. The molecule has 0 radical (unpaired) electrons. The van der Waals surface area contributed by atoms with Crippen LogP contribution in [0, 0.1) is 0 Å². The van der Waals surface area contributed by atoms with Gasteiger partial charge in [0.15, 0.2) is 5.76 Å². The van der Waals surface area contributed by atoms with Gasteiger partial charge in [-0.05, 0) is 41.5 Å². The molecule has 7 heteroatoms. The summed E-state index contributed by atoms with van der Waals surface area (Å²) in [7, 11) is 0. The maximum absolute atomic E-state index is 13.1. The van der Waals surface area contributed by atoms with E-state index in [0.717, 1.165) is 16.8 Å². The van der Waals surface area contributed by atoms with Gasteiger partial charge in [0.1, 0.15) is 11.4 Å². The summed E-state index contributed by atoms with van der Waals surface area (Å²) in [5.41, 5.74) is 3.70. The van der Waals surface area contributed by atoms with E-state index in [4.69, 9.17) is 4.42 Å². The largest absolute Gasteiger partial charge is 0.463 e. The van der Waals surface area contributed by atoms with Gasteiger partial charge in [-0.2, -0.15) is 5.10 Å². The van der Waals surface area contributed by atoms with E-state index in [1.165, 1.54) is 0 Å². The van der Waals surface area contributed by atoms with Gasteiger partial charge in [0.25, 0.3) is 11.5 Å². The quantitative estimate of drug-likeness (QED) is 0.401. The molecule has 0 atom stereocenters. The molecule has 5 rings (SSSR count). The molecular formula is C27H22N4O3. The van der Waals surface area contributed by atoms with Crippen LogP contribution in [0.4, 0.5) is 0 Å². The lowest BCUT2D eigenvalue weighted by atomic mass is 10.1. The number of amides is 1. The van der Waals surface area contributed by atoms with E-state index < -0.39 is 0 Å². The van der Waals surface area contributed by atoms with E-state index in [1.54, 1.807) is 46.0 Å². The van der Waals surface area contributed by atoms with Crippen molar-refractivity contribution >= 4 is 5.91 Å². The van der Waals surface area contributed by atoms with Crippen LogP contribution in [-0.4, -0.2) is 20.3 Å². The monoisotopic (exact) mass is 450 g/mol. The second-order valence-electron chi connectivity index (χ2n) is 7.81. The minimum absolute atomic E-state index is 0.0391. The average Bonchev–Trinajstić information content (AvgIpc) is 3.56. The van der Waals surface area contributed by atoms with Crippen molar-refractivity contribution in [2.45, 2.75) is 13.1 Å². The molecule has 1 amide bonds. The standard InChI is InChI=1S/C27H22N4O3/c32-26-10-4-5-15-30(26)19-21-13-11-20(12-14-21)18-28-27(33)24-17-23(25-9-6-16-34-25)29-31(24)22-7-2-1-3-8-22/h1-17H,18-19H2,(H,28,33). The van der Waals surface area contributed by atoms with E-state index in [-0.39, 0.29) is 11.5 Å². The molecule has 1 N–H and O–H groups in total. The number of hydrogen-bond donors (Lipinski definition) is 1. The highest BCUT2D eigenvalue weighted by atomic mass is 16.3. The lowest BCUT2D eigenvalue weighted by Crippen LogP contribution is -2.25. The SMILES string of the molecule is O=C(NCc1ccc(Cn2ccccc2=O)cc1)c1cc(-c2ccco2)nn1-c1ccccc1. The Hall–Kier alpha value is -4.65. The minimum Gasteiger partial charge on any atom is -0.463 e. The molecular weight excluding hydrogens is 428 g/mol. The van der Waals surface area contributed by atoms with E-state index >= 15 is 0 Å². The number of carbonyl (C=O) groups is 1. The number of aromatic nitrogens is 3. The van der Waals surface area contributed by atoms with Crippen LogP contribution in [0.2, 0.25) is 0 Å². The molecule has 0 saturated carbocycles. The first kappa shape index (κ1) is 21.2. The lowest BCUT2D eigenvalue weighted by Gasteiger charge is -2.09. The van der Waals surface area contributed by atoms with Gasteiger partial charge >= 0.3 is 0 Å². The Morgan fingerprint density at radius 3 is 2.38 bits per heavy atom. The Bertz CT molecular complexity index is 1450. The van der Waals surface area contributed by atoms with Crippen LogP contribution in [0.3, 0.4) is 0 Å². The number of furan rings is 1. The number of hydrogen-bond acceptors (Lipinski definition) is 4. The maximum Gasteiger partial charge on any atom is 0.270 e. The summed E-state index contributed by atoms with van der Waals surface area (Å²) in [4.78, 5) is 25.0. The van der Waals surface area contributed by atoms with Crippen LogP contribution < -0.4 is 10.9 Å². The van der Waals surface area contributed by atoms with E-state index in [9.17, 15) is 9.59 Å². The summed E-state index contributed by atoms with van der Waals surface area (Å²) >= 11 is 0. The number of carbonyl (C=O) groups excluding carboxylic acids is 1. The predicted octanol–water partition coefficient (Wildman–Crippen LogP) is 4.27. The fourth-order valence-corrected chi connectivity index (χ4v) is 3.68. The molecule has 0 unspecified atom stereocenters. The Morgan fingerprint density at radius 2 is 1.65 bits per heavy atom. The van der Waals surface area contributed by atoms with Gasteiger partial charge < -0.3 is 14.3 Å². The van der Waals surface area contributed by atoms with Crippen LogP contribution in [0.1, 0.15) is 21.6 Å². The molecule has 0 saturated heterocycles. The zero-order valence-corrected chi connectivity index (χ0v) is 18.3. The van der Waals surface area contributed by atoms with Crippen molar-refractivity contribution in [3.05, 3.63) is 131 Å². The molecule has 0 aliphatic carbocycles. The summed E-state index contributed by atoms with van der Waals surface area (Å²) in [6, 6.07) is 27.8. The smallest absolute Gasteiger partial charge is 0.270 e. The normalized spacial score (nSPS) is 10.8. The number of nitrogens with zero attached hydrogens (tertiary/aromatic N) is 3. The molecule has 3 heterocycles. The van der Waals surface area contributed by atoms with Crippen molar-refractivity contribution in [2.75, 3.05) is 0 Å². The number of rotatable bonds is 7. The zero-order chi connectivity index (χ0) is 23.3. The van der Waals surface area contributed by atoms with Crippen molar-refractivity contribution in [1.82, 2.24) is 19.7 Å². The summed E-state index contributed by atoms with van der Waals surface area (Å²) in [5, 5.41) is 7.57. The molecule has 0 bridgehead atoms. The van der Waals surface area contributed by atoms with Crippen molar-refractivity contribution < 1.29 is 9.21 Å². The highest BCUT2D eigenvalue weighted by Gasteiger charge is 2.18. The van der Waals surface area contributed by atoms with Crippen molar-refractivity contribution in [3.8, 4) is 17.1 Å². The Labute approximate surface area is 195 Å². The van der Waals surface area contributed by atoms with Crippen LogP contribution in [0.25, 0.3) is 17.1 Å². The van der Waals surface area contributed by atoms with Crippen LogP contribution in [0.15, 0.2) is 113 Å². The maximum atomic E-state index is 13.1. The van der Waals surface area contributed by atoms with Gasteiger partial charge in [-0.3, -0.25) is 9.59 Å². The number of benzene rings is 2. The van der Waals surface area contributed by atoms with Gasteiger partial charge in [0, 0.05) is 24.9 Å². The third kappa shape index (κ3) is 4.59. The molecule has 2 aromatic carbocycles. The second kappa shape index (κ2) is 9.46. The van der Waals surface area contributed by atoms with E-state index in [2.05, 4.69) is 10.4 Å². The summed E-state index contributed by atoms with van der Waals surface area (Å²) in [5.74, 6) is 0.353. The molecule has 0 aliphatic heterocycles. The fraction of sp³-hybridized carbons (Fsp3) is 0.0741. The average molecular weight is 450 g/mol. The van der Waals surface area contributed by atoms with Gasteiger partial charge in [0.05, 0.1) is 18.5 Å². The number of para-hydroxylation sites is 1. The summed E-state index contributed by atoms with van der Waals surface area (Å²) < 4.78 is 8.73. The van der Waals surface area contributed by atoms with Gasteiger partial charge in [-0.15, -0.1) is 0 Å². The van der Waals surface area contributed by atoms with Crippen molar-refractivity contribution in [3.63, 3.8) is 0 Å². The Kier molecular flexibility index (Phi) is 5.90. The topological polar surface area (TPSA) is 82.1 Å². The third-order valence-corrected chi connectivity index (χ3v) is 5.44. The van der Waals surface area contributed by atoms with Crippen LogP contribution in [0.5, 0.6) is 0 Å². The molecule has 0 aliphatic rings. The van der Waals surface area contributed by atoms with Crippen LogP contribution in [-0.2, 0) is 13.1 Å². The van der Waals surface area contributed by atoms with Crippen LogP contribution >= 0.6 is 0 Å². The fourth-order valence-electron chi connectivity index (χ4n) is 3.68. The summed E-state index contributed by atoms with van der Waals surface area (Å²) in [6.45, 7) is 0.860. The highest BCUT2D eigenvalue weighted by Crippen LogP contribution is 2.22. The lowest BCUT2D eigenvalue weighted by molar-refractivity contribution is 0.0943. The van der Waals surface area contributed by atoms with E-state index in [0.29, 0.717) is 30.2 Å². The molecule has 168 valence electrons. The first-order chi connectivity index (χ1) is 16.7. The number of pyridine rings is 1. The van der Waals surface area contributed by atoms with Gasteiger partial charge in [-0.1, -0.05) is 48.5 Å². The van der Waals surface area contributed by atoms with Gasteiger partial charge in [-0.25, -0.2) is 4.68 Å². The predicted molar refractivity (Wildman–Crippen MR) is 129 cm³/mol. The highest BCUT2D eigenvalue weighted by molar-refractivity contribution is 5.94. The first-order valence-corrected chi connectivity index (χ1v) is 10.9. The Balaban J connectivity index is 1.31. The van der Waals surface area contributed by atoms with E-state index in [1.807, 2.05) is 66.7 Å². The molecule has 34 heavy (non-hydrogen) atoms. The van der Waals surface area contributed by atoms with Gasteiger partial charge in [0.2, 0.25) is 0 Å². The third-order valence-electron chi connectivity index (χ3n) is 5.44. The second-order valence-corrected chi connectivity index (χ2v) is 7.81. The number of nitrogens with one attached hydrogen (secondary N) is 1. The molecule has 5 aromatic rings. The summed E-state index contributed by atoms with van der Waals surface area (Å²) in [6.07, 6.45) is 3.35. The molecule has 0 fully saturated rings. The molecule has 0 spiro atoms. The zero-order valence-electron chi connectivity index (χ0n) is 18.3. The Morgan fingerprint density at radius 1 is 0.882 bits per heavy atom.